The monoisotopic (exact) mass is 252 g/mol. The van der Waals surface area contributed by atoms with Gasteiger partial charge in [0.05, 0.1) is 19.4 Å². The molecule has 0 unspecified atom stereocenters. The molecular weight excluding hydrogens is 236 g/mol. The number of rotatable bonds is 6. The fourth-order valence-corrected chi connectivity index (χ4v) is 1.48. The number of hydrogen-bond acceptors (Lipinski definition) is 5. The summed E-state index contributed by atoms with van der Waals surface area (Å²) in [6.45, 7) is 1.99. The summed E-state index contributed by atoms with van der Waals surface area (Å²) in [6.07, 6.45) is 0. The Morgan fingerprint density at radius 3 is 2.67 bits per heavy atom. The van der Waals surface area contributed by atoms with Crippen LogP contribution in [-0.2, 0) is 9.53 Å². The first-order valence-electron chi connectivity index (χ1n) is 5.46. The summed E-state index contributed by atoms with van der Waals surface area (Å²) in [5, 5.41) is 2.80. The van der Waals surface area contributed by atoms with Gasteiger partial charge in [-0.05, 0) is 19.1 Å². The first kappa shape index (κ1) is 13.8. The van der Waals surface area contributed by atoms with Gasteiger partial charge in [0, 0.05) is 0 Å². The quantitative estimate of drug-likeness (QED) is 0.730. The van der Waals surface area contributed by atoms with Crippen LogP contribution in [0.3, 0.4) is 0 Å². The number of benzene rings is 1. The second-order valence-corrected chi connectivity index (χ2v) is 3.41. The minimum absolute atomic E-state index is 0.0404. The number of esters is 1. The number of amides is 1. The molecule has 0 atom stereocenters. The van der Waals surface area contributed by atoms with Crippen molar-refractivity contribution in [2.75, 3.05) is 25.6 Å². The molecule has 98 valence electrons. The molecule has 6 nitrogen and oxygen atoms in total. The number of anilines is 1. The molecule has 0 radical (unpaired) electrons. The zero-order valence-electron chi connectivity index (χ0n) is 10.4. The number of carbonyl (C=O) groups excluding carboxylic acids is 2. The van der Waals surface area contributed by atoms with Gasteiger partial charge in [0.25, 0.3) is 5.91 Å². The largest absolute Gasteiger partial charge is 0.496 e. The summed E-state index contributed by atoms with van der Waals surface area (Å²) in [5.41, 5.74) is 5.93. The number of carbonyl (C=O) groups is 2. The Hall–Kier alpha value is -2.24. The van der Waals surface area contributed by atoms with Crippen molar-refractivity contribution in [3.05, 3.63) is 23.8 Å². The summed E-state index contributed by atoms with van der Waals surface area (Å²) in [5.74, 6) is -0.675. The molecule has 3 N–H and O–H groups in total. The molecule has 0 heterocycles. The molecule has 0 aliphatic heterocycles. The zero-order chi connectivity index (χ0) is 13.5. The molecule has 1 aromatic carbocycles. The van der Waals surface area contributed by atoms with Gasteiger partial charge in [-0.15, -0.1) is 0 Å². The molecule has 0 saturated carbocycles. The van der Waals surface area contributed by atoms with Crippen molar-refractivity contribution in [1.82, 2.24) is 0 Å². The predicted octanol–water partition coefficient (Wildman–Crippen LogP) is 0.769. The van der Waals surface area contributed by atoms with Crippen molar-refractivity contribution in [2.24, 2.45) is 5.73 Å². The second kappa shape index (κ2) is 6.48. The van der Waals surface area contributed by atoms with E-state index in [-0.39, 0.29) is 12.1 Å². The molecule has 0 aliphatic carbocycles. The SMILES string of the molecule is CCOC(=O)CNc1cccc(OC)c1C(N)=O. The van der Waals surface area contributed by atoms with E-state index in [9.17, 15) is 9.59 Å². The average molecular weight is 252 g/mol. The highest BCUT2D eigenvalue weighted by atomic mass is 16.5. The van der Waals surface area contributed by atoms with Gasteiger partial charge in [0.15, 0.2) is 0 Å². The minimum atomic E-state index is -0.626. The van der Waals surface area contributed by atoms with Gasteiger partial charge in [-0.2, -0.15) is 0 Å². The molecule has 1 aromatic rings. The first-order valence-corrected chi connectivity index (χ1v) is 5.46. The van der Waals surface area contributed by atoms with Crippen LogP contribution in [0.5, 0.6) is 5.75 Å². The number of nitrogens with two attached hydrogens (primary N) is 1. The highest BCUT2D eigenvalue weighted by Gasteiger charge is 2.15. The number of methoxy groups -OCH3 is 1. The maximum atomic E-state index is 11.4. The summed E-state index contributed by atoms with van der Waals surface area (Å²) in [4.78, 5) is 22.6. The van der Waals surface area contributed by atoms with E-state index in [2.05, 4.69) is 5.32 Å². The maximum Gasteiger partial charge on any atom is 0.325 e. The van der Waals surface area contributed by atoms with Crippen molar-refractivity contribution < 1.29 is 19.1 Å². The molecule has 6 heteroatoms. The number of hydrogen-bond donors (Lipinski definition) is 2. The van der Waals surface area contributed by atoms with Crippen molar-refractivity contribution in [3.63, 3.8) is 0 Å². The summed E-state index contributed by atoms with van der Waals surface area (Å²) >= 11 is 0. The van der Waals surface area contributed by atoms with Crippen LogP contribution in [0.2, 0.25) is 0 Å². The zero-order valence-corrected chi connectivity index (χ0v) is 10.4. The third-order valence-electron chi connectivity index (χ3n) is 2.22. The van der Waals surface area contributed by atoms with Gasteiger partial charge >= 0.3 is 5.97 Å². The van der Waals surface area contributed by atoms with Crippen LogP contribution in [0, 0.1) is 0 Å². The van der Waals surface area contributed by atoms with Crippen LogP contribution in [0.1, 0.15) is 17.3 Å². The summed E-state index contributed by atoms with van der Waals surface area (Å²) in [7, 11) is 1.44. The van der Waals surface area contributed by atoms with Gasteiger partial charge in [-0.25, -0.2) is 0 Å². The van der Waals surface area contributed by atoms with E-state index in [0.29, 0.717) is 18.0 Å². The molecule has 18 heavy (non-hydrogen) atoms. The second-order valence-electron chi connectivity index (χ2n) is 3.41. The van der Waals surface area contributed by atoms with Gasteiger partial charge in [0.1, 0.15) is 17.9 Å². The minimum Gasteiger partial charge on any atom is -0.496 e. The average Bonchev–Trinajstić information content (AvgIpc) is 2.35. The predicted molar refractivity (Wildman–Crippen MR) is 66.6 cm³/mol. The van der Waals surface area contributed by atoms with E-state index in [1.165, 1.54) is 7.11 Å². The van der Waals surface area contributed by atoms with Crippen LogP contribution in [0.25, 0.3) is 0 Å². The molecule has 0 fully saturated rings. The van der Waals surface area contributed by atoms with Crippen molar-refractivity contribution in [1.29, 1.82) is 0 Å². The van der Waals surface area contributed by atoms with E-state index in [1.807, 2.05) is 0 Å². The fraction of sp³-hybridized carbons (Fsp3) is 0.333. The van der Waals surface area contributed by atoms with E-state index in [0.717, 1.165) is 0 Å². The Morgan fingerprint density at radius 1 is 1.39 bits per heavy atom. The molecule has 0 aliphatic rings. The molecule has 0 bridgehead atoms. The van der Waals surface area contributed by atoms with Crippen LogP contribution >= 0.6 is 0 Å². The Labute approximate surface area is 105 Å². The lowest BCUT2D eigenvalue weighted by atomic mass is 10.1. The van der Waals surface area contributed by atoms with Gasteiger partial charge < -0.3 is 20.5 Å². The normalized spacial score (nSPS) is 9.67. The highest BCUT2D eigenvalue weighted by molar-refractivity contribution is 6.01. The molecule has 1 rings (SSSR count). The van der Waals surface area contributed by atoms with Crippen LogP contribution in [0.15, 0.2) is 18.2 Å². The third-order valence-corrected chi connectivity index (χ3v) is 2.22. The van der Waals surface area contributed by atoms with E-state index < -0.39 is 11.9 Å². The van der Waals surface area contributed by atoms with Crippen molar-refractivity contribution in [2.45, 2.75) is 6.92 Å². The number of nitrogens with one attached hydrogen (secondary N) is 1. The van der Waals surface area contributed by atoms with Crippen molar-refractivity contribution in [3.8, 4) is 5.75 Å². The number of ether oxygens (including phenoxy) is 2. The Morgan fingerprint density at radius 2 is 2.11 bits per heavy atom. The summed E-state index contributed by atoms with van der Waals surface area (Å²) < 4.78 is 9.82. The van der Waals surface area contributed by atoms with Gasteiger partial charge in [-0.1, -0.05) is 6.07 Å². The van der Waals surface area contributed by atoms with Gasteiger partial charge in [0.2, 0.25) is 0 Å². The molecule has 0 saturated heterocycles. The molecule has 0 aromatic heterocycles. The standard InChI is InChI=1S/C12H16N2O4/c1-3-18-10(15)7-14-8-5-4-6-9(17-2)11(8)12(13)16/h4-6,14H,3,7H2,1-2H3,(H2,13,16). The lowest BCUT2D eigenvalue weighted by molar-refractivity contribution is -0.140. The summed E-state index contributed by atoms with van der Waals surface area (Å²) in [6, 6.07) is 4.95. The maximum absolute atomic E-state index is 11.4. The fourth-order valence-electron chi connectivity index (χ4n) is 1.48. The van der Waals surface area contributed by atoms with E-state index in [4.69, 9.17) is 15.2 Å². The lowest BCUT2D eigenvalue weighted by Crippen LogP contribution is -2.20. The molecule has 1 amide bonds. The Kier molecular flexibility index (Phi) is 4.98. The first-order chi connectivity index (χ1) is 8.60. The van der Waals surface area contributed by atoms with Crippen LogP contribution < -0.4 is 15.8 Å². The van der Waals surface area contributed by atoms with Gasteiger partial charge in [-0.3, -0.25) is 9.59 Å². The topological polar surface area (TPSA) is 90.7 Å². The van der Waals surface area contributed by atoms with Crippen LogP contribution in [0.4, 0.5) is 5.69 Å². The number of primary amides is 1. The van der Waals surface area contributed by atoms with Crippen LogP contribution in [-0.4, -0.2) is 32.1 Å². The smallest absolute Gasteiger partial charge is 0.325 e. The third kappa shape index (κ3) is 3.38. The van der Waals surface area contributed by atoms with Crippen molar-refractivity contribution >= 4 is 17.6 Å². The Balaban J connectivity index is 2.88. The van der Waals surface area contributed by atoms with E-state index >= 15 is 0 Å². The lowest BCUT2D eigenvalue weighted by Gasteiger charge is -2.12. The molecular formula is C12H16N2O4. The Bertz CT molecular complexity index is 446. The highest BCUT2D eigenvalue weighted by Crippen LogP contribution is 2.25. The molecule has 0 spiro atoms. The van der Waals surface area contributed by atoms with E-state index in [1.54, 1.807) is 25.1 Å².